The lowest BCUT2D eigenvalue weighted by Crippen LogP contribution is -1.98. The molecule has 4 rings (SSSR count). The van der Waals surface area contributed by atoms with Gasteiger partial charge in [0.15, 0.2) is 11.5 Å². The van der Waals surface area contributed by atoms with E-state index in [0.29, 0.717) is 27.0 Å². The lowest BCUT2D eigenvalue weighted by molar-refractivity contribution is 0.602. The smallest absolute Gasteiger partial charge is 0.188 e. The summed E-state index contributed by atoms with van der Waals surface area (Å²) in [5.41, 5.74) is 0.802. The second-order valence-corrected chi connectivity index (χ2v) is 6.04. The highest BCUT2D eigenvalue weighted by molar-refractivity contribution is 7.99. The molecule has 0 saturated heterocycles. The normalized spacial score (nSPS) is 11.1. The zero-order valence-corrected chi connectivity index (χ0v) is 13.0. The molecule has 4 nitrogen and oxygen atoms in total. The number of hydrogen-bond acceptors (Lipinski definition) is 4. The fourth-order valence-corrected chi connectivity index (χ4v) is 3.07. The van der Waals surface area contributed by atoms with Gasteiger partial charge in [-0.1, -0.05) is 36.0 Å². The Morgan fingerprint density at radius 2 is 1.54 bits per heavy atom. The maximum atomic E-state index is 14.0. The number of rotatable bonds is 3. The predicted octanol–water partition coefficient (Wildman–Crippen LogP) is 4.22. The van der Waals surface area contributed by atoms with E-state index in [1.165, 1.54) is 28.4 Å². The summed E-state index contributed by atoms with van der Waals surface area (Å²) in [5, 5.41) is 13.0. The number of halogens is 2. The highest BCUT2D eigenvalue weighted by atomic mass is 32.2. The molecule has 0 unspecified atom stereocenters. The van der Waals surface area contributed by atoms with Gasteiger partial charge in [-0.3, -0.25) is 0 Å². The highest BCUT2D eigenvalue weighted by Gasteiger charge is 2.14. The minimum Gasteiger partial charge on any atom is -0.206 e. The van der Waals surface area contributed by atoms with Gasteiger partial charge in [0.25, 0.3) is 0 Å². The number of nitrogens with zero attached hydrogens (tertiary/aromatic N) is 4. The Morgan fingerprint density at radius 1 is 0.792 bits per heavy atom. The first-order valence-corrected chi connectivity index (χ1v) is 7.94. The minimum atomic E-state index is -0.402. The quantitative estimate of drug-likeness (QED) is 0.560. The molecule has 2 aromatic heterocycles. The standard InChI is InChI=1S/C17H10F2N4S/c18-12-6-2-1-5-11(12)17-21-20-15-9-10-16(22-23(15)17)24-14-8-4-3-7-13(14)19/h1-10H. The summed E-state index contributed by atoms with van der Waals surface area (Å²) in [7, 11) is 0. The van der Waals surface area contributed by atoms with Crippen LogP contribution in [0.2, 0.25) is 0 Å². The molecule has 2 aromatic carbocycles. The van der Waals surface area contributed by atoms with Gasteiger partial charge in [0.1, 0.15) is 16.7 Å². The van der Waals surface area contributed by atoms with E-state index in [-0.39, 0.29) is 5.82 Å². The van der Waals surface area contributed by atoms with E-state index in [2.05, 4.69) is 15.3 Å². The second kappa shape index (κ2) is 6.01. The van der Waals surface area contributed by atoms with E-state index in [1.807, 2.05) is 0 Å². The Kier molecular flexibility index (Phi) is 3.70. The van der Waals surface area contributed by atoms with Gasteiger partial charge >= 0.3 is 0 Å². The van der Waals surface area contributed by atoms with Gasteiger partial charge in [-0.15, -0.1) is 10.2 Å². The first kappa shape index (κ1) is 14.8. The molecule has 0 spiro atoms. The summed E-state index contributed by atoms with van der Waals surface area (Å²) in [5.74, 6) is -0.415. The van der Waals surface area contributed by atoms with Crippen LogP contribution in [0.5, 0.6) is 0 Å². The lowest BCUT2D eigenvalue weighted by Gasteiger charge is -2.04. The third kappa shape index (κ3) is 2.63. The third-order valence-corrected chi connectivity index (χ3v) is 4.38. The van der Waals surface area contributed by atoms with Crippen molar-refractivity contribution < 1.29 is 8.78 Å². The van der Waals surface area contributed by atoms with Gasteiger partial charge in [-0.25, -0.2) is 8.78 Å². The van der Waals surface area contributed by atoms with Gasteiger partial charge < -0.3 is 0 Å². The molecule has 0 radical (unpaired) electrons. The van der Waals surface area contributed by atoms with Crippen LogP contribution in [0.15, 0.2) is 70.6 Å². The third-order valence-electron chi connectivity index (χ3n) is 3.40. The lowest BCUT2D eigenvalue weighted by atomic mass is 10.2. The largest absolute Gasteiger partial charge is 0.206 e. The van der Waals surface area contributed by atoms with Crippen molar-refractivity contribution >= 4 is 17.4 Å². The monoisotopic (exact) mass is 340 g/mol. The van der Waals surface area contributed by atoms with Crippen molar-refractivity contribution in [2.24, 2.45) is 0 Å². The average molecular weight is 340 g/mol. The van der Waals surface area contributed by atoms with Crippen LogP contribution in [-0.4, -0.2) is 19.8 Å². The molecule has 118 valence electrons. The van der Waals surface area contributed by atoms with Gasteiger partial charge in [0.2, 0.25) is 0 Å². The first-order chi connectivity index (χ1) is 11.7. The zero-order chi connectivity index (χ0) is 16.5. The molecule has 0 aliphatic carbocycles. The fourth-order valence-electron chi connectivity index (χ4n) is 2.28. The maximum absolute atomic E-state index is 14.0. The van der Waals surface area contributed by atoms with Crippen molar-refractivity contribution in [1.82, 2.24) is 19.8 Å². The summed E-state index contributed by atoms with van der Waals surface area (Å²) in [4.78, 5) is 0.463. The molecular weight excluding hydrogens is 330 g/mol. The topological polar surface area (TPSA) is 43.1 Å². The molecule has 7 heteroatoms. The Labute approximate surface area is 140 Å². The van der Waals surface area contributed by atoms with Crippen molar-refractivity contribution in [2.75, 3.05) is 0 Å². The van der Waals surface area contributed by atoms with Crippen molar-refractivity contribution in [3.8, 4) is 11.4 Å². The molecule has 0 fully saturated rings. The molecule has 0 aliphatic heterocycles. The van der Waals surface area contributed by atoms with Crippen LogP contribution in [0.3, 0.4) is 0 Å². The average Bonchev–Trinajstić information content (AvgIpc) is 3.00. The number of hydrogen-bond donors (Lipinski definition) is 0. The summed E-state index contributed by atoms with van der Waals surface area (Å²) in [6.07, 6.45) is 0. The summed E-state index contributed by atoms with van der Waals surface area (Å²) in [6, 6.07) is 16.2. The Morgan fingerprint density at radius 3 is 2.33 bits per heavy atom. The molecule has 0 atom stereocenters. The van der Waals surface area contributed by atoms with Crippen LogP contribution in [-0.2, 0) is 0 Å². The summed E-state index contributed by atoms with van der Waals surface area (Å²) >= 11 is 1.18. The van der Waals surface area contributed by atoms with E-state index in [4.69, 9.17) is 0 Å². The van der Waals surface area contributed by atoms with Crippen molar-refractivity contribution in [3.05, 3.63) is 72.3 Å². The van der Waals surface area contributed by atoms with Gasteiger partial charge in [0, 0.05) is 4.90 Å². The molecule has 0 bridgehead atoms. The summed E-state index contributed by atoms with van der Waals surface area (Å²) in [6.45, 7) is 0. The Bertz CT molecular complexity index is 1030. The van der Waals surface area contributed by atoms with Crippen LogP contribution in [0.1, 0.15) is 0 Å². The highest BCUT2D eigenvalue weighted by Crippen LogP contribution is 2.29. The summed E-state index contributed by atoms with van der Waals surface area (Å²) < 4.78 is 29.3. The first-order valence-electron chi connectivity index (χ1n) is 7.12. The molecule has 0 amide bonds. The maximum Gasteiger partial charge on any atom is 0.188 e. The number of fused-ring (bicyclic) bond motifs is 1. The van der Waals surface area contributed by atoms with Gasteiger partial charge in [0.05, 0.1) is 5.56 Å². The van der Waals surface area contributed by atoms with E-state index in [0.717, 1.165) is 0 Å². The molecule has 0 saturated carbocycles. The second-order valence-electron chi connectivity index (χ2n) is 4.98. The molecule has 0 N–H and O–H groups in total. The SMILES string of the molecule is Fc1ccccc1Sc1ccc2nnc(-c3ccccc3F)n2n1. The van der Waals surface area contributed by atoms with Crippen molar-refractivity contribution in [3.63, 3.8) is 0 Å². The fraction of sp³-hybridized carbons (Fsp3) is 0. The zero-order valence-electron chi connectivity index (χ0n) is 12.2. The van der Waals surface area contributed by atoms with E-state index in [9.17, 15) is 8.78 Å². The van der Waals surface area contributed by atoms with Gasteiger partial charge in [-0.05, 0) is 36.4 Å². The number of aromatic nitrogens is 4. The van der Waals surface area contributed by atoms with Crippen molar-refractivity contribution in [1.29, 1.82) is 0 Å². The van der Waals surface area contributed by atoms with E-state index >= 15 is 0 Å². The van der Waals surface area contributed by atoms with Crippen LogP contribution in [0, 0.1) is 11.6 Å². The Hall–Kier alpha value is -2.80. The molecular formula is C17H10F2N4S. The molecule has 4 aromatic rings. The van der Waals surface area contributed by atoms with Gasteiger partial charge in [-0.2, -0.15) is 9.61 Å². The molecule has 2 heterocycles. The predicted molar refractivity (Wildman–Crippen MR) is 86.7 cm³/mol. The van der Waals surface area contributed by atoms with Crippen LogP contribution in [0.25, 0.3) is 17.0 Å². The van der Waals surface area contributed by atoms with E-state index in [1.54, 1.807) is 48.5 Å². The Balaban J connectivity index is 1.79. The minimum absolute atomic E-state index is 0.305. The van der Waals surface area contributed by atoms with Crippen LogP contribution < -0.4 is 0 Å². The molecule has 0 aliphatic rings. The van der Waals surface area contributed by atoms with Crippen molar-refractivity contribution in [2.45, 2.75) is 9.92 Å². The van der Waals surface area contributed by atoms with Crippen LogP contribution in [0.4, 0.5) is 8.78 Å². The van der Waals surface area contributed by atoms with Crippen LogP contribution >= 0.6 is 11.8 Å². The van der Waals surface area contributed by atoms with E-state index < -0.39 is 5.82 Å². The number of benzene rings is 2. The molecule has 24 heavy (non-hydrogen) atoms.